The van der Waals surface area contributed by atoms with Crippen LogP contribution in [-0.2, 0) is 20.2 Å². The standard InChI is InChI=1S/C14H12Cl2O8S2/c1-23-9-3-7(5-11(13(9)15)25(17,18)19)8-4-10(24-2)14(16)12(6-8)26(20,21)22/h3-6H,1-2H3,(H,17,18,19)(H,20,21,22). The van der Waals surface area contributed by atoms with E-state index in [2.05, 4.69) is 0 Å². The van der Waals surface area contributed by atoms with Gasteiger partial charge in [0.2, 0.25) is 0 Å². The molecule has 2 N–H and O–H groups in total. The van der Waals surface area contributed by atoms with E-state index in [0.29, 0.717) is 0 Å². The minimum Gasteiger partial charge on any atom is -0.495 e. The van der Waals surface area contributed by atoms with Gasteiger partial charge in [-0.15, -0.1) is 0 Å². The number of rotatable bonds is 5. The summed E-state index contributed by atoms with van der Waals surface area (Å²) in [7, 11) is -6.94. The van der Waals surface area contributed by atoms with Gasteiger partial charge in [0, 0.05) is 0 Å². The monoisotopic (exact) mass is 442 g/mol. The Bertz CT molecular complexity index is 991. The van der Waals surface area contributed by atoms with Gasteiger partial charge < -0.3 is 9.47 Å². The fourth-order valence-corrected chi connectivity index (χ4v) is 4.31. The van der Waals surface area contributed by atoms with Gasteiger partial charge in [0.05, 0.1) is 14.2 Å². The lowest BCUT2D eigenvalue weighted by molar-refractivity contribution is 0.412. The molecule has 0 aliphatic rings. The fourth-order valence-electron chi connectivity index (χ4n) is 2.15. The lowest BCUT2D eigenvalue weighted by Crippen LogP contribution is -2.03. The molecule has 0 amide bonds. The van der Waals surface area contributed by atoms with Gasteiger partial charge in [0.15, 0.2) is 0 Å². The highest BCUT2D eigenvalue weighted by molar-refractivity contribution is 7.86. The number of halogens is 2. The normalized spacial score (nSPS) is 12.1. The van der Waals surface area contributed by atoms with Gasteiger partial charge in [0.25, 0.3) is 20.2 Å². The Morgan fingerprint density at radius 2 is 1.04 bits per heavy atom. The van der Waals surface area contributed by atoms with Gasteiger partial charge in [-0.05, 0) is 35.4 Å². The molecule has 0 heterocycles. The zero-order valence-electron chi connectivity index (χ0n) is 13.2. The molecule has 0 unspecified atom stereocenters. The molecule has 2 rings (SSSR count). The van der Waals surface area contributed by atoms with Gasteiger partial charge in [-0.1, -0.05) is 23.2 Å². The highest BCUT2D eigenvalue weighted by atomic mass is 35.5. The molecule has 0 atom stereocenters. The molecule has 0 spiro atoms. The van der Waals surface area contributed by atoms with Crippen LogP contribution >= 0.6 is 23.2 Å². The lowest BCUT2D eigenvalue weighted by atomic mass is 10.0. The van der Waals surface area contributed by atoms with Crippen LogP contribution in [0.1, 0.15) is 0 Å². The summed E-state index contributed by atoms with van der Waals surface area (Å²) in [5.74, 6) is -0.168. The summed E-state index contributed by atoms with van der Waals surface area (Å²) in [6.07, 6.45) is 0. The van der Waals surface area contributed by atoms with Gasteiger partial charge in [-0.25, -0.2) is 0 Å². The van der Waals surface area contributed by atoms with Gasteiger partial charge in [0.1, 0.15) is 31.3 Å². The third-order valence-electron chi connectivity index (χ3n) is 3.34. The van der Waals surface area contributed by atoms with Crippen molar-refractivity contribution in [2.45, 2.75) is 9.79 Å². The van der Waals surface area contributed by atoms with Crippen molar-refractivity contribution < 1.29 is 35.4 Å². The van der Waals surface area contributed by atoms with Crippen molar-refractivity contribution in [3.63, 3.8) is 0 Å². The molecule has 0 saturated carbocycles. The minimum atomic E-state index is -4.70. The van der Waals surface area contributed by atoms with E-state index in [9.17, 15) is 25.9 Å². The molecule has 0 radical (unpaired) electrons. The SMILES string of the molecule is COc1cc(-c2cc(OC)c(Cl)c(S(=O)(=O)O)c2)cc(S(=O)(=O)O)c1Cl. The molecule has 26 heavy (non-hydrogen) atoms. The first-order chi connectivity index (χ1) is 11.9. The molecule has 8 nitrogen and oxygen atoms in total. The van der Waals surface area contributed by atoms with Crippen LogP contribution in [0.4, 0.5) is 0 Å². The minimum absolute atomic E-state index is 0.0842. The van der Waals surface area contributed by atoms with Crippen LogP contribution in [-0.4, -0.2) is 40.2 Å². The summed E-state index contributed by atoms with van der Waals surface area (Å²) in [6, 6.07) is 4.65. The van der Waals surface area contributed by atoms with E-state index in [1.165, 1.54) is 26.4 Å². The number of ether oxygens (including phenoxy) is 2. The topological polar surface area (TPSA) is 127 Å². The van der Waals surface area contributed by atoms with Crippen LogP contribution in [0.3, 0.4) is 0 Å². The summed E-state index contributed by atoms with van der Waals surface area (Å²) in [5.41, 5.74) is 0.220. The van der Waals surface area contributed by atoms with Gasteiger partial charge in [-0.3, -0.25) is 9.11 Å². The van der Waals surface area contributed by atoms with E-state index in [1.54, 1.807) is 0 Å². The maximum atomic E-state index is 11.5. The van der Waals surface area contributed by atoms with Crippen molar-refractivity contribution in [3.05, 3.63) is 34.3 Å². The quantitative estimate of drug-likeness (QED) is 0.675. The molecule has 0 fully saturated rings. The van der Waals surface area contributed by atoms with E-state index in [4.69, 9.17) is 32.7 Å². The lowest BCUT2D eigenvalue weighted by Gasteiger charge is -2.13. The first-order valence-corrected chi connectivity index (χ1v) is 10.2. The van der Waals surface area contributed by atoms with Crippen molar-refractivity contribution in [2.24, 2.45) is 0 Å². The van der Waals surface area contributed by atoms with Crippen LogP contribution < -0.4 is 9.47 Å². The summed E-state index contributed by atoms with van der Waals surface area (Å²) in [4.78, 5) is -1.29. The van der Waals surface area contributed by atoms with Crippen molar-refractivity contribution in [1.82, 2.24) is 0 Å². The average Bonchev–Trinajstić information content (AvgIpc) is 2.53. The van der Waals surface area contributed by atoms with E-state index in [1.807, 2.05) is 0 Å². The third-order valence-corrected chi connectivity index (χ3v) is 6.10. The van der Waals surface area contributed by atoms with E-state index in [0.717, 1.165) is 12.1 Å². The second-order valence-corrected chi connectivity index (χ2v) is 8.47. The maximum absolute atomic E-state index is 11.5. The zero-order chi connectivity index (χ0) is 19.9. The van der Waals surface area contributed by atoms with Gasteiger partial charge >= 0.3 is 0 Å². The molecule has 2 aromatic carbocycles. The van der Waals surface area contributed by atoms with Crippen LogP contribution in [0.2, 0.25) is 10.0 Å². The second kappa shape index (κ2) is 7.22. The number of hydrogen-bond donors (Lipinski definition) is 2. The highest BCUT2D eigenvalue weighted by Gasteiger charge is 2.23. The van der Waals surface area contributed by atoms with E-state index < -0.39 is 30.0 Å². The molecule has 0 saturated heterocycles. The molecule has 0 aromatic heterocycles. The van der Waals surface area contributed by atoms with E-state index in [-0.39, 0.29) is 32.7 Å². The maximum Gasteiger partial charge on any atom is 0.296 e. The summed E-state index contributed by atoms with van der Waals surface area (Å²) in [5, 5.41) is -0.704. The van der Waals surface area contributed by atoms with Crippen LogP contribution in [0.25, 0.3) is 11.1 Å². The second-order valence-electron chi connectivity index (χ2n) is 4.93. The third kappa shape index (κ3) is 4.05. The first kappa shape index (κ1) is 20.7. The van der Waals surface area contributed by atoms with Crippen molar-refractivity contribution >= 4 is 43.4 Å². The molecule has 142 valence electrons. The molecular weight excluding hydrogens is 431 g/mol. The molecule has 0 aliphatic heterocycles. The Morgan fingerprint density at radius 3 is 1.27 bits per heavy atom. The van der Waals surface area contributed by atoms with E-state index >= 15 is 0 Å². The largest absolute Gasteiger partial charge is 0.495 e. The van der Waals surface area contributed by atoms with Crippen LogP contribution in [0, 0.1) is 0 Å². The predicted molar refractivity (Wildman–Crippen MR) is 94.6 cm³/mol. The molecular formula is C14H12Cl2O8S2. The Kier molecular flexibility index (Phi) is 5.76. The average molecular weight is 443 g/mol. The van der Waals surface area contributed by atoms with Gasteiger partial charge in [-0.2, -0.15) is 16.8 Å². The Balaban J connectivity index is 2.88. The van der Waals surface area contributed by atoms with Crippen molar-refractivity contribution in [2.75, 3.05) is 14.2 Å². The summed E-state index contributed by atoms with van der Waals surface area (Å²) < 4.78 is 74.8. The van der Waals surface area contributed by atoms with Crippen LogP contribution in [0.5, 0.6) is 11.5 Å². The predicted octanol–water partition coefficient (Wildman–Crippen LogP) is 3.17. The molecule has 0 aliphatic carbocycles. The van der Waals surface area contributed by atoms with Crippen LogP contribution in [0.15, 0.2) is 34.1 Å². The molecule has 12 heteroatoms. The van der Waals surface area contributed by atoms with Crippen molar-refractivity contribution in [1.29, 1.82) is 0 Å². The number of methoxy groups -OCH3 is 2. The summed E-state index contributed by atoms with van der Waals surface area (Å²) in [6.45, 7) is 0. The smallest absolute Gasteiger partial charge is 0.296 e. The Labute approximate surface area is 159 Å². The Hall–Kier alpha value is -1.56. The first-order valence-electron chi connectivity index (χ1n) is 6.60. The van der Waals surface area contributed by atoms with Crippen molar-refractivity contribution in [3.8, 4) is 22.6 Å². The summed E-state index contributed by atoms with van der Waals surface area (Å²) >= 11 is 11.8. The molecule has 0 bridgehead atoms. The zero-order valence-corrected chi connectivity index (χ0v) is 16.4. The fraction of sp³-hybridized carbons (Fsp3) is 0.143. The number of hydrogen-bond acceptors (Lipinski definition) is 6. The number of benzene rings is 2. The highest BCUT2D eigenvalue weighted by Crippen LogP contribution is 2.40. The Morgan fingerprint density at radius 1 is 0.731 bits per heavy atom. The molecule has 2 aromatic rings.